The molecule has 0 aliphatic heterocycles. The summed E-state index contributed by atoms with van der Waals surface area (Å²) in [6, 6.07) is 71.5. The van der Waals surface area contributed by atoms with Gasteiger partial charge >= 0.3 is 0 Å². The standard InChI is InChI=1S/C61H51N/c1-60(2)55-25-12-9-21-49(55)52-23-15-24-53(59(52)60)51-22-11-14-27-58(51)62(45-28-30-47(41-16-5-3-6-17-41)54(37-45)42-18-7-4-8-19-42)46-29-31-50-48-20-10-13-26-56(48)61(57(50)38-46)43-33-39-32-40(35-43)36-44(61)34-39/h3-31,37-40,43-44H,32-36H2,1-2H3. The van der Waals surface area contributed by atoms with Gasteiger partial charge in [-0.05, 0) is 158 Å². The molecule has 4 bridgehead atoms. The van der Waals surface area contributed by atoms with E-state index in [1.807, 2.05) is 0 Å². The quantitative estimate of drug-likeness (QED) is 0.162. The summed E-state index contributed by atoms with van der Waals surface area (Å²) in [5, 5.41) is 0. The average molecular weight is 798 g/mol. The average Bonchev–Trinajstić information content (AvgIpc) is 3.74. The lowest BCUT2D eigenvalue weighted by Gasteiger charge is -2.61. The van der Waals surface area contributed by atoms with Crippen LogP contribution < -0.4 is 4.90 Å². The molecule has 6 aliphatic rings. The van der Waals surface area contributed by atoms with Crippen molar-refractivity contribution in [3.63, 3.8) is 0 Å². The van der Waals surface area contributed by atoms with Gasteiger partial charge in [-0.15, -0.1) is 0 Å². The van der Waals surface area contributed by atoms with Crippen LogP contribution in [0.1, 0.15) is 68.2 Å². The van der Waals surface area contributed by atoms with Crippen LogP contribution in [0.25, 0.3) is 55.6 Å². The fraction of sp³-hybridized carbons (Fsp3) is 0.213. The van der Waals surface area contributed by atoms with E-state index in [-0.39, 0.29) is 10.8 Å². The first-order valence-electron chi connectivity index (χ1n) is 23.1. The second-order valence-corrected chi connectivity index (χ2v) is 19.7. The largest absolute Gasteiger partial charge is 0.310 e. The van der Waals surface area contributed by atoms with Gasteiger partial charge in [-0.1, -0.05) is 172 Å². The molecular formula is C61H51N. The molecule has 0 N–H and O–H groups in total. The van der Waals surface area contributed by atoms with Gasteiger partial charge in [0.2, 0.25) is 0 Å². The van der Waals surface area contributed by atoms with Crippen LogP contribution in [0.2, 0.25) is 0 Å². The molecule has 300 valence electrons. The third kappa shape index (κ3) is 5.09. The maximum atomic E-state index is 2.66. The van der Waals surface area contributed by atoms with Gasteiger partial charge in [0.1, 0.15) is 0 Å². The second-order valence-electron chi connectivity index (χ2n) is 19.7. The van der Waals surface area contributed by atoms with Crippen LogP contribution in [0.5, 0.6) is 0 Å². The van der Waals surface area contributed by atoms with Gasteiger partial charge in [0, 0.05) is 27.8 Å². The molecule has 6 aliphatic carbocycles. The van der Waals surface area contributed by atoms with Crippen molar-refractivity contribution in [3.8, 4) is 55.6 Å². The predicted octanol–water partition coefficient (Wildman–Crippen LogP) is 16.2. The van der Waals surface area contributed by atoms with Crippen molar-refractivity contribution in [3.05, 3.63) is 210 Å². The second kappa shape index (κ2) is 13.5. The lowest BCUT2D eigenvalue weighted by molar-refractivity contribution is -0.0399. The molecular weight excluding hydrogens is 747 g/mol. The molecule has 1 nitrogen and oxygen atoms in total. The van der Waals surface area contributed by atoms with Crippen LogP contribution >= 0.6 is 0 Å². The van der Waals surface area contributed by atoms with Gasteiger partial charge in [-0.25, -0.2) is 0 Å². The summed E-state index contributed by atoms with van der Waals surface area (Å²) >= 11 is 0. The van der Waals surface area contributed by atoms with E-state index in [4.69, 9.17) is 0 Å². The predicted molar refractivity (Wildman–Crippen MR) is 258 cm³/mol. The van der Waals surface area contributed by atoms with Crippen molar-refractivity contribution in [2.75, 3.05) is 4.90 Å². The SMILES string of the molecule is CC1(C)c2ccccc2-c2cccc(-c3ccccc3N(c3ccc(-c4ccccc4)c(-c4ccccc4)c3)c3ccc4c(c3)C3(c5ccccc5-4)C4CC5CC(C4)CC3C5)c21. The van der Waals surface area contributed by atoms with Crippen LogP contribution in [0.3, 0.4) is 0 Å². The summed E-state index contributed by atoms with van der Waals surface area (Å²) in [4.78, 5) is 2.61. The highest BCUT2D eigenvalue weighted by molar-refractivity contribution is 5.97. The van der Waals surface area contributed by atoms with Crippen LogP contribution in [0.15, 0.2) is 188 Å². The number of para-hydroxylation sites is 1. The van der Waals surface area contributed by atoms with Crippen molar-refractivity contribution in [2.24, 2.45) is 23.7 Å². The Hall–Kier alpha value is -6.44. The van der Waals surface area contributed by atoms with E-state index in [0.29, 0.717) is 11.8 Å². The van der Waals surface area contributed by atoms with E-state index in [1.54, 1.807) is 11.1 Å². The molecule has 0 heterocycles. The first-order valence-corrected chi connectivity index (χ1v) is 23.1. The Morgan fingerprint density at radius 3 is 1.53 bits per heavy atom. The van der Waals surface area contributed by atoms with Gasteiger partial charge in [-0.3, -0.25) is 0 Å². The van der Waals surface area contributed by atoms with E-state index < -0.39 is 0 Å². The number of fused-ring (bicyclic) bond motifs is 6. The Labute approximate surface area is 366 Å². The van der Waals surface area contributed by atoms with Crippen molar-refractivity contribution < 1.29 is 0 Å². The number of hydrogen-bond acceptors (Lipinski definition) is 1. The Bertz CT molecular complexity index is 3030. The third-order valence-electron chi connectivity index (χ3n) is 16.2. The first kappa shape index (κ1) is 36.2. The molecule has 0 unspecified atom stereocenters. The first-order chi connectivity index (χ1) is 30.5. The van der Waals surface area contributed by atoms with Gasteiger partial charge in [0.25, 0.3) is 0 Å². The molecule has 0 atom stereocenters. The van der Waals surface area contributed by atoms with E-state index in [0.717, 1.165) is 11.8 Å². The fourth-order valence-electron chi connectivity index (χ4n) is 14.1. The zero-order valence-electron chi connectivity index (χ0n) is 35.7. The zero-order valence-corrected chi connectivity index (χ0v) is 35.7. The Kier molecular flexibility index (Phi) is 7.91. The molecule has 0 amide bonds. The fourth-order valence-corrected chi connectivity index (χ4v) is 14.1. The molecule has 1 spiro atoms. The van der Waals surface area contributed by atoms with Crippen LogP contribution in [0, 0.1) is 23.7 Å². The summed E-state index contributed by atoms with van der Waals surface area (Å²) in [5.41, 5.74) is 22.6. The third-order valence-corrected chi connectivity index (χ3v) is 16.2. The molecule has 8 aromatic rings. The lowest BCUT2D eigenvalue weighted by Crippen LogP contribution is -2.55. The van der Waals surface area contributed by atoms with Crippen LogP contribution in [-0.2, 0) is 10.8 Å². The van der Waals surface area contributed by atoms with Crippen LogP contribution in [-0.4, -0.2) is 0 Å². The minimum Gasteiger partial charge on any atom is -0.310 e. The maximum absolute atomic E-state index is 2.66. The van der Waals surface area contributed by atoms with E-state index >= 15 is 0 Å². The highest BCUT2D eigenvalue weighted by atomic mass is 15.1. The number of benzene rings is 8. The Morgan fingerprint density at radius 1 is 0.371 bits per heavy atom. The van der Waals surface area contributed by atoms with Gasteiger partial charge in [0.15, 0.2) is 0 Å². The van der Waals surface area contributed by atoms with Crippen molar-refractivity contribution in [1.82, 2.24) is 0 Å². The molecule has 0 radical (unpaired) electrons. The smallest absolute Gasteiger partial charge is 0.0540 e. The van der Waals surface area contributed by atoms with E-state index in [9.17, 15) is 0 Å². The van der Waals surface area contributed by atoms with Gasteiger partial charge < -0.3 is 4.90 Å². The number of nitrogens with zero attached hydrogens (tertiary/aromatic N) is 1. The summed E-state index contributed by atoms with van der Waals surface area (Å²) in [7, 11) is 0. The van der Waals surface area contributed by atoms with Gasteiger partial charge in [-0.2, -0.15) is 0 Å². The van der Waals surface area contributed by atoms with Crippen LogP contribution in [0.4, 0.5) is 17.1 Å². The molecule has 1 heteroatoms. The summed E-state index contributed by atoms with van der Waals surface area (Å²) in [6.45, 7) is 4.83. The molecule has 0 saturated heterocycles. The Morgan fingerprint density at radius 2 is 0.855 bits per heavy atom. The molecule has 62 heavy (non-hydrogen) atoms. The Balaban J connectivity index is 1.07. The molecule has 0 aromatic heterocycles. The van der Waals surface area contributed by atoms with E-state index in [1.165, 1.54) is 116 Å². The van der Waals surface area contributed by atoms with Crippen molar-refractivity contribution >= 4 is 17.1 Å². The monoisotopic (exact) mass is 797 g/mol. The summed E-state index contributed by atoms with van der Waals surface area (Å²) in [5.74, 6) is 3.19. The minimum atomic E-state index is -0.149. The molecule has 14 rings (SSSR count). The highest BCUT2D eigenvalue weighted by Gasteiger charge is 2.61. The topological polar surface area (TPSA) is 3.24 Å². The molecule has 4 fully saturated rings. The summed E-state index contributed by atoms with van der Waals surface area (Å²) < 4.78 is 0. The minimum absolute atomic E-state index is 0.0724. The van der Waals surface area contributed by atoms with E-state index in [2.05, 4.69) is 207 Å². The number of hydrogen-bond donors (Lipinski definition) is 0. The molecule has 8 aromatic carbocycles. The van der Waals surface area contributed by atoms with Crippen molar-refractivity contribution in [1.29, 1.82) is 0 Å². The zero-order chi connectivity index (χ0) is 41.2. The highest BCUT2D eigenvalue weighted by Crippen LogP contribution is 2.70. The normalized spacial score (nSPS) is 22.9. The summed E-state index contributed by atoms with van der Waals surface area (Å²) in [6.07, 6.45) is 6.94. The lowest BCUT2D eigenvalue weighted by atomic mass is 9.43. The van der Waals surface area contributed by atoms with Crippen molar-refractivity contribution in [2.45, 2.75) is 56.8 Å². The number of anilines is 3. The maximum Gasteiger partial charge on any atom is 0.0540 e. The molecule has 4 saturated carbocycles. The number of rotatable bonds is 6. The van der Waals surface area contributed by atoms with Gasteiger partial charge in [0.05, 0.1) is 5.69 Å².